The lowest BCUT2D eigenvalue weighted by Crippen LogP contribution is -2.39. The van der Waals surface area contributed by atoms with E-state index >= 15 is 0 Å². The van der Waals surface area contributed by atoms with E-state index in [0.717, 1.165) is 16.0 Å². The zero-order chi connectivity index (χ0) is 18.0. The van der Waals surface area contributed by atoms with Gasteiger partial charge in [0.25, 0.3) is 0 Å². The van der Waals surface area contributed by atoms with Crippen LogP contribution in [0.5, 0.6) is 0 Å². The number of hydrogen-bond acceptors (Lipinski definition) is 4. The largest absolute Gasteiger partial charge is 0.334 e. The minimum absolute atomic E-state index is 0.143. The SMILES string of the molecule is CCCN1C(=O)C(=O)N(CC(=O)Nc2c(C)cc(C)cc2Cl)C1=O. The summed E-state index contributed by atoms with van der Waals surface area (Å²) in [5.41, 5.74) is 2.13. The van der Waals surface area contributed by atoms with Gasteiger partial charge >= 0.3 is 17.8 Å². The quantitative estimate of drug-likeness (QED) is 0.650. The minimum atomic E-state index is -0.990. The van der Waals surface area contributed by atoms with Crippen LogP contribution in [0.1, 0.15) is 24.5 Å². The Labute approximate surface area is 144 Å². The molecule has 5 amide bonds. The predicted molar refractivity (Wildman–Crippen MR) is 88.7 cm³/mol. The van der Waals surface area contributed by atoms with E-state index in [1.54, 1.807) is 19.9 Å². The van der Waals surface area contributed by atoms with E-state index in [9.17, 15) is 19.2 Å². The van der Waals surface area contributed by atoms with E-state index in [0.29, 0.717) is 22.0 Å². The molecule has 8 heteroatoms. The Morgan fingerprint density at radius 2 is 1.75 bits per heavy atom. The van der Waals surface area contributed by atoms with Crippen LogP contribution in [0.25, 0.3) is 0 Å². The molecular formula is C16H18ClN3O4. The molecule has 128 valence electrons. The Hall–Kier alpha value is -2.41. The van der Waals surface area contributed by atoms with E-state index in [2.05, 4.69) is 5.32 Å². The number of aryl methyl sites for hydroxylation is 2. The molecule has 1 N–H and O–H groups in total. The third kappa shape index (κ3) is 3.41. The number of anilines is 1. The maximum atomic E-state index is 12.2. The molecule has 0 radical (unpaired) electrons. The van der Waals surface area contributed by atoms with Gasteiger partial charge in [-0.3, -0.25) is 19.3 Å². The maximum Gasteiger partial charge on any atom is 0.334 e. The summed E-state index contributed by atoms with van der Waals surface area (Å²) >= 11 is 6.12. The normalized spacial score (nSPS) is 14.6. The van der Waals surface area contributed by atoms with Crippen LogP contribution in [-0.4, -0.2) is 46.6 Å². The molecule has 7 nitrogen and oxygen atoms in total. The summed E-state index contributed by atoms with van der Waals surface area (Å²) in [5.74, 6) is -2.49. The van der Waals surface area contributed by atoms with E-state index in [4.69, 9.17) is 11.6 Å². The third-order valence-electron chi connectivity index (χ3n) is 3.58. The van der Waals surface area contributed by atoms with Crippen LogP contribution in [0.15, 0.2) is 12.1 Å². The molecule has 1 fully saturated rings. The number of carbonyl (C=O) groups is 4. The number of imide groups is 2. The minimum Gasteiger partial charge on any atom is -0.323 e. The van der Waals surface area contributed by atoms with Crippen LogP contribution in [-0.2, 0) is 14.4 Å². The molecule has 0 aliphatic carbocycles. The van der Waals surface area contributed by atoms with Crippen molar-refractivity contribution in [1.82, 2.24) is 9.80 Å². The molecule has 1 heterocycles. The van der Waals surface area contributed by atoms with Gasteiger partial charge in [0.2, 0.25) is 5.91 Å². The second kappa shape index (κ2) is 7.00. The topological polar surface area (TPSA) is 86.8 Å². The average Bonchev–Trinajstić information content (AvgIpc) is 2.69. The number of halogens is 1. The predicted octanol–water partition coefficient (Wildman–Crippen LogP) is 2.10. The zero-order valence-corrected chi connectivity index (χ0v) is 14.4. The first-order valence-corrected chi connectivity index (χ1v) is 7.88. The van der Waals surface area contributed by atoms with Gasteiger partial charge in [-0.2, -0.15) is 0 Å². The molecule has 1 aromatic carbocycles. The molecule has 2 rings (SSSR count). The number of nitrogens with one attached hydrogen (secondary N) is 1. The van der Waals surface area contributed by atoms with Crippen LogP contribution < -0.4 is 5.32 Å². The Morgan fingerprint density at radius 1 is 1.12 bits per heavy atom. The summed E-state index contributed by atoms with van der Waals surface area (Å²) in [5, 5.41) is 2.95. The lowest BCUT2D eigenvalue weighted by molar-refractivity contribution is -0.143. The standard InChI is InChI=1S/C16H18ClN3O4/c1-4-5-19-14(22)15(23)20(16(19)24)8-12(21)18-13-10(3)6-9(2)7-11(13)17/h6-7H,4-5,8H2,1-3H3,(H,18,21). The van der Waals surface area contributed by atoms with Crippen molar-refractivity contribution in [3.8, 4) is 0 Å². The van der Waals surface area contributed by atoms with Gasteiger partial charge in [0, 0.05) is 6.54 Å². The molecule has 0 spiro atoms. The fraction of sp³-hybridized carbons (Fsp3) is 0.375. The molecule has 1 saturated heterocycles. The summed E-state index contributed by atoms with van der Waals surface area (Å²) in [7, 11) is 0. The molecule has 1 aromatic rings. The highest BCUT2D eigenvalue weighted by atomic mass is 35.5. The third-order valence-corrected chi connectivity index (χ3v) is 3.88. The number of urea groups is 1. The molecule has 24 heavy (non-hydrogen) atoms. The lowest BCUT2D eigenvalue weighted by atomic mass is 10.1. The van der Waals surface area contributed by atoms with Crippen molar-refractivity contribution in [2.24, 2.45) is 0 Å². The van der Waals surface area contributed by atoms with Gasteiger partial charge in [-0.25, -0.2) is 9.69 Å². The average molecular weight is 352 g/mol. The van der Waals surface area contributed by atoms with Gasteiger partial charge in [0.05, 0.1) is 10.7 Å². The summed E-state index contributed by atoms with van der Waals surface area (Å²) in [6, 6.07) is 2.77. The van der Waals surface area contributed by atoms with Crippen LogP contribution in [0, 0.1) is 13.8 Å². The Kier molecular flexibility index (Phi) is 5.23. The van der Waals surface area contributed by atoms with Gasteiger partial charge in [0.1, 0.15) is 6.54 Å². The summed E-state index contributed by atoms with van der Waals surface area (Å²) in [6.07, 6.45) is 0.531. The van der Waals surface area contributed by atoms with E-state index < -0.39 is 30.3 Å². The van der Waals surface area contributed by atoms with Crippen molar-refractivity contribution < 1.29 is 19.2 Å². The molecule has 0 atom stereocenters. The molecule has 1 aliphatic rings. The second-order valence-electron chi connectivity index (χ2n) is 5.62. The van der Waals surface area contributed by atoms with E-state index in [-0.39, 0.29) is 6.54 Å². The lowest BCUT2D eigenvalue weighted by Gasteiger charge is -2.16. The first-order valence-electron chi connectivity index (χ1n) is 7.50. The van der Waals surface area contributed by atoms with Crippen molar-refractivity contribution in [3.05, 3.63) is 28.3 Å². The number of hydrogen-bond donors (Lipinski definition) is 1. The Bertz CT molecular complexity index is 709. The van der Waals surface area contributed by atoms with Crippen molar-refractivity contribution >= 4 is 41.0 Å². The van der Waals surface area contributed by atoms with Crippen LogP contribution >= 0.6 is 11.6 Å². The summed E-state index contributed by atoms with van der Waals surface area (Å²) in [4.78, 5) is 49.4. The van der Waals surface area contributed by atoms with Crippen molar-refractivity contribution in [1.29, 1.82) is 0 Å². The number of carbonyl (C=O) groups excluding carboxylic acids is 4. The van der Waals surface area contributed by atoms with Gasteiger partial charge in [-0.1, -0.05) is 24.6 Å². The fourth-order valence-electron chi connectivity index (χ4n) is 2.51. The molecular weight excluding hydrogens is 334 g/mol. The highest BCUT2D eigenvalue weighted by molar-refractivity contribution is 6.45. The van der Waals surface area contributed by atoms with Crippen LogP contribution in [0.4, 0.5) is 10.5 Å². The number of benzene rings is 1. The highest BCUT2D eigenvalue weighted by Gasteiger charge is 2.44. The van der Waals surface area contributed by atoms with Gasteiger partial charge in [0.15, 0.2) is 0 Å². The fourth-order valence-corrected chi connectivity index (χ4v) is 2.88. The van der Waals surface area contributed by atoms with Crippen LogP contribution in [0.3, 0.4) is 0 Å². The molecule has 0 aromatic heterocycles. The van der Waals surface area contributed by atoms with Gasteiger partial charge < -0.3 is 5.32 Å². The van der Waals surface area contributed by atoms with Crippen molar-refractivity contribution in [3.63, 3.8) is 0 Å². The highest BCUT2D eigenvalue weighted by Crippen LogP contribution is 2.27. The van der Waals surface area contributed by atoms with Gasteiger partial charge in [-0.05, 0) is 37.5 Å². The first kappa shape index (κ1) is 17.9. The molecule has 0 bridgehead atoms. The number of nitrogens with zero attached hydrogens (tertiary/aromatic N) is 2. The second-order valence-corrected chi connectivity index (χ2v) is 6.02. The van der Waals surface area contributed by atoms with Crippen molar-refractivity contribution in [2.75, 3.05) is 18.4 Å². The maximum absolute atomic E-state index is 12.2. The van der Waals surface area contributed by atoms with Crippen molar-refractivity contribution in [2.45, 2.75) is 27.2 Å². The monoisotopic (exact) mass is 351 g/mol. The smallest absolute Gasteiger partial charge is 0.323 e. The summed E-state index contributed by atoms with van der Waals surface area (Å²) < 4.78 is 0. The number of rotatable bonds is 5. The summed E-state index contributed by atoms with van der Waals surface area (Å²) in [6.45, 7) is 5.05. The van der Waals surface area contributed by atoms with Gasteiger partial charge in [-0.15, -0.1) is 0 Å². The van der Waals surface area contributed by atoms with E-state index in [1.807, 2.05) is 13.0 Å². The Balaban J connectivity index is 2.12. The molecule has 0 unspecified atom stereocenters. The molecule has 0 saturated carbocycles. The van der Waals surface area contributed by atoms with E-state index in [1.165, 1.54) is 0 Å². The number of amides is 5. The van der Waals surface area contributed by atoms with Crippen LogP contribution in [0.2, 0.25) is 5.02 Å². The Morgan fingerprint density at radius 3 is 2.33 bits per heavy atom. The first-order chi connectivity index (χ1) is 11.3. The zero-order valence-electron chi connectivity index (χ0n) is 13.7. The molecule has 1 aliphatic heterocycles.